The molecule has 5 rings (SSSR count). The Balaban J connectivity index is 1.36. The van der Waals surface area contributed by atoms with Gasteiger partial charge in [0.05, 0.1) is 13.3 Å². The molecule has 1 fully saturated rings. The molecule has 34 heavy (non-hydrogen) atoms. The summed E-state index contributed by atoms with van der Waals surface area (Å²) in [7, 11) is 1.60. The first-order valence-electron chi connectivity index (χ1n) is 11.4. The average Bonchev–Trinajstić information content (AvgIpc) is 3.32. The van der Waals surface area contributed by atoms with Crippen molar-refractivity contribution in [3.63, 3.8) is 0 Å². The van der Waals surface area contributed by atoms with E-state index >= 15 is 0 Å². The summed E-state index contributed by atoms with van der Waals surface area (Å²) in [5.74, 6) is 0.680. The number of pyridine rings is 1. The van der Waals surface area contributed by atoms with Crippen LogP contribution in [0.4, 0.5) is 10.2 Å². The second-order valence-electron chi connectivity index (χ2n) is 8.38. The number of aromatic amines is 1. The number of aromatic nitrogens is 4. The number of halogens is 1. The van der Waals surface area contributed by atoms with Crippen molar-refractivity contribution in [3.05, 3.63) is 66.4 Å². The Kier molecular flexibility index (Phi) is 6.37. The third-order valence-electron chi connectivity index (χ3n) is 6.35. The van der Waals surface area contributed by atoms with E-state index < -0.39 is 12.0 Å². The van der Waals surface area contributed by atoms with E-state index in [1.807, 2.05) is 41.3 Å². The molecule has 0 radical (unpaired) electrons. The highest BCUT2D eigenvalue weighted by atomic mass is 19.1. The van der Waals surface area contributed by atoms with Gasteiger partial charge >= 0.3 is 0 Å². The number of H-pyrrole nitrogens is 1. The molecule has 9 heteroatoms. The second-order valence-corrected chi connectivity index (χ2v) is 8.38. The first-order chi connectivity index (χ1) is 16.7. The Hall–Kier alpha value is -3.56. The Bertz CT molecular complexity index is 1280. The maximum atomic E-state index is 14.6. The van der Waals surface area contributed by atoms with Gasteiger partial charge < -0.3 is 20.1 Å². The zero-order chi connectivity index (χ0) is 23.5. The van der Waals surface area contributed by atoms with Crippen LogP contribution in [0, 0.1) is 5.82 Å². The minimum atomic E-state index is -0.812. The van der Waals surface area contributed by atoms with Gasteiger partial charge in [0.15, 0.2) is 17.5 Å². The number of aliphatic hydroxyl groups excluding tert-OH is 1. The number of fused-ring (bicyclic) bond motifs is 1. The number of piperidine rings is 1. The summed E-state index contributed by atoms with van der Waals surface area (Å²) in [6.07, 6.45) is 6.77. The molecule has 1 aliphatic rings. The van der Waals surface area contributed by atoms with Crippen LogP contribution >= 0.6 is 0 Å². The van der Waals surface area contributed by atoms with E-state index in [-0.39, 0.29) is 11.9 Å². The molecule has 4 heterocycles. The number of ether oxygens (including phenoxy) is 1. The second kappa shape index (κ2) is 9.74. The van der Waals surface area contributed by atoms with Gasteiger partial charge in [-0.1, -0.05) is 24.6 Å². The summed E-state index contributed by atoms with van der Waals surface area (Å²) in [5, 5.41) is 15.2. The molecule has 1 aliphatic heterocycles. The largest absolute Gasteiger partial charge is 0.496 e. The van der Waals surface area contributed by atoms with Crippen LogP contribution in [0.1, 0.15) is 31.1 Å². The number of likely N-dealkylation sites (tertiary alicyclic amines) is 1. The molecule has 3 aromatic heterocycles. The van der Waals surface area contributed by atoms with Crippen LogP contribution in [-0.2, 0) is 0 Å². The SMILES string of the molecule is COc1ccccc1C(O)N1CCCCC1CNc1nc(-c2c[nH]c3ncccc23)ncc1F. The quantitative estimate of drug-likeness (QED) is 0.380. The zero-order valence-electron chi connectivity index (χ0n) is 18.9. The monoisotopic (exact) mass is 462 g/mol. The van der Waals surface area contributed by atoms with E-state index in [2.05, 4.69) is 25.3 Å². The number of anilines is 1. The molecule has 3 N–H and O–H groups in total. The summed E-state index contributed by atoms with van der Waals surface area (Å²) in [6, 6.07) is 11.2. The normalized spacial score (nSPS) is 17.6. The van der Waals surface area contributed by atoms with Crippen molar-refractivity contribution in [1.82, 2.24) is 24.8 Å². The van der Waals surface area contributed by atoms with Crippen LogP contribution < -0.4 is 10.1 Å². The van der Waals surface area contributed by atoms with Gasteiger partial charge in [-0.3, -0.25) is 4.90 Å². The molecule has 4 aromatic rings. The third-order valence-corrected chi connectivity index (χ3v) is 6.35. The Morgan fingerprint density at radius 1 is 1.24 bits per heavy atom. The number of nitrogens with zero attached hydrogens (tertiary/aromatic N) is 4. The van der Waals surface area contributed by atoms with Crippen molar-refractivity contribution < 1.29 is 14.2 Å². The first kappa shape index (κ1) is 22.2. The molecule has 1 saturated heterocycles. The molecular formula is C25H27FN6O2. The molecule has 0 saturated carbocycles. The minimum absolute atomic E-state index is 0.00349. The van der Waals surface area contributed by atoms with Gasteiger partial charge in [-0.2, -0.15) is 0 Å². The highest BCUT2D eigenvalue weighted by Gasteiger charge is 2.30. The average molecular weight is 463 g/mol. The fourth-order valence-electron chi connectivity index (χ4n) is 4.60. The maximum absolute atomic E-state index is 14.6. The standard InChI is InChI=1S/C25H27FN6O2/c1-34-21-10-3-2-8-18(21)25(33)32-12-5-4-7-16(32)13-28-24-20(26)15-30-23(31-24)19-14-29-22-17(19)9-6-11-27-22/h2-3,6,8-11,14-16,25,33H,4-5,7,12-13H2,1H3,(H,27,29)(H,28,30,31). The zero-order valence-corrected chi connectivity index (χ0v) is 18.9. The van der Waals surface area contributed by atoms with Gasteiger partial charge in [-0.05, 0) is 31.0 Å². The molecule has 1 aromatic carbocycles. The number of nitrogens with one attached hydrogen (secondary N) is 2. The topological polar surface area (TPSA) is 99.2 Å². The molecule has 0 bridgehead atoms. The first-order valence-corrected chi connectivity index (χ1v) is 11.4. The van der Waals surface area contributed by atoms with Gasteiger partial charge in [0.2, 0.25) is 0 Å². The summed E-state index contributed by atoms with van der Waals surface area (Å²) in [5.41, 5.74) is 2.21. The van der Waals surface area contributed by atoms with Crippen molar-refractivity contribution in [1.29, 1.82) is 0 Å². The van der Waals surface area contributed by atoms with E-state index in [0.717, 1.165) is 48.0 Å². The van der Waals surface area contributed by atoms with Crippen LogP contribution in [0.2, 0.25) is 0 Å². The lowest BCUT2D eigenvalue weighted by Crippen LogP contribution is -2.45. The fraction of sp³-hybridized carbons (Fsp3) is 0.320. The van der Waals surface area contributed by atoms with Crippen molar-refractivity contribution in [2.45, 2.75) is 31.5 Å². The third kappa shape index (κ3) is 4.32. The van der Waals surface area contributed by atoms with Gasteiger partial charge in [0, 0.05) is 48.0 Å². The number of benzene rings is 1. The molecule has 2 unspecified atom stereocenters. The van der Waals surface area contributed by atoms with Crippen molar-refractivity contribution in [2.75, 3.05) is 25.5 Å². The number of methoxy groups -OCH3 is 1. The van der Waals surface area contributed by atoms with E-state index in [1.165, 1.54) is 6.20 Å². The van der Waals surface area contributed by atoms with Gasteiger partial charge in [0.1, 0.15) is 17.6 Å². The van der Waals surface area contributed by atoms with Gasteiger partial charge in [-0.25, -0.2) is 19.3 Å². The predicted octanol–water partition coefficient (Wildman–Crippen LogP) is 4.13. The highest BCUT2D eigenvalue weighted by molar-refractivity contribution is 5.91. The number of hydrogen-bond acceptors (Lipinski definition) is 7. The Morgan fingerprint density at radius 2 is 2.12 bits per heavy atom. The predicted molar refractivity (Wildman–Crippen MR) is 128 cm³/mol. The molecule has 176 valence electrons. The Morgan fingerprint density at radius 3 is 3.00 bits per heavy atom. The number of hydrogen-bond donors (Lipinski definition) is 3. The van der Waals surface area contributed by atoms with E-state index in [1.54, 1.807) is 19.5 Å². The molecule has 8 nitrogen and oxygen atoms in total. The number of aliphatic hydroxyl groups is 1. The lowest BCUT2D eigenvalue weighted by molar-refractivity contribution is -0.0405. The smallest absolute Gasteiger partial charge is 0.183 e. The van der Waals surface area contributed by atoms with Crippen molar-refractivity contribution in [3.8, 4) is 17.1 Å². The van der Waals surface area contributed by atoms with E-state index in [4.69, 9.17) is 4.74 Å². The summed E-state index contributed by atoms with van der Waals surface area (Å²) in [4.78, 5) is 18.1. The molecule has 0 amide bonds. The van der Waals surface area contributed by atoms with Crippen molar-refractivity contribution in [2.24, 2.45) is 0 Å². The summed E-state index contributed by atoms with van der Waals surface area (Å²) >= 11 is 0. The highest BCUT2D eigenvalue weighted by Crippen LogP contribution is 2.32. The Labute approximate surface area is 196 Å². The number of rotatable bonds is 7. The van der Waals surface area contributed by atoms with E-state index in [0.29, 0.717) is 18.1 Å². The van der Waals surface area contributed by atoms with Crippen molar-refractivity contribution >= 4 is 16.9 Å². The maximum Gasteiger partial charge on any atom is 0.183 e. The minimum Gasteiger partial charge on any atom is -0.496 e. The van der Waals surface area contributed by atoms with E-state index in [9.17, 15) is 9.50 Å². The van der Waals surface area contributed by atoms with Crippen LogP contribution in [0.3, 0.4) is 0 Å². The van der Waals surface area contributed by atoms with Crippen LogP contribution in [0.25, 0.3) is 22.4 Å². The molecule has 0 aliphatic carbocycles. The van der Waals surface area contributed by atoms with Crippen LogP contribution in [0.15, 0.2) is 55.0 Å². The molecular weight excluding hydrogens is 435 g/mol. The van der Waals surface area contributed by atoms with Gasteiger partial charge in [-0.15, -0.1) is 0 Å². The lowest BCUT2D eigenvalue weighted by atomic mass is 9.99. The molecule has 2 atom stereocenters. The van der Waals surface area contributed by atoms with Crippen LogP contribution in [0.5, 0.6) is 5.75 Å². The fourth-order valence-corrected chi connectivity index (χ4v) is 4.60. The summed E-state index contributed by atoms with van der Waals surface area (Å²) in [6.45, 7) is 1.18. The molecule has 0 spiro atoms. The number of para-hydroxylation sites is 1. The summed E-state index contributed by atoms with van der Waals surface area (Å²) < 4.78 is 20.1. The van der Waals surface area contributed by atoms with Crippen LogP contribution in [-0.4, -0.2) is 56.2 Å². The lowest BCUT2D eigenvalue weighted by Gasteiger charge is -2.39. The van der Waals surface area contributed by atoms with Gasteiger partial charge in [0.25, 0.3) is 0 Å².